The van der Waals surface area contributed by atoms with Crippen LogP contribution in [-0.4, -0.2) is 0 Å². The summed E-state index contributed by atoms with van der Waals surface area (Å²) in [5.41, 5.74) is 10.2. The maximum Gasteiger partial charge on any atom is 0.0467 e. The fourth-order valence-electron chi connectivity index (χ4n) is 5.67. The predicted molar refractivity (Wildman–Crippen MR) is 152 cm³/mol. The second-order valence-electron chi connectivity index (χ2n) is 9.91. The molecule has 6 aromatic rings. The van der Waals surface area contributed by atoms with Crippen molar-refractivity contribution in [1.29, 1.82) is 0 Å². The third kappa shape index (κ3) is 3.14. The highest BCUT2D eigenvalue weighted by Gasteiger charge is 2.36. The maximum absolute atomic E-state index is 3.71. The normalized spacial score (nSPS) is 13.7. The molecule has 1 nitrogen and oxygen atoms in total. The summed E-state index contributed by atoms with van der Waals surface area (Å²) < 4.78 is 2.69. The van der Waals surface area contributed by atoms with E-state index in [2.05, 4.69) is 128 Å². The van der Waals surface area contributed by atoms with Crippen LogP contribution in [0, 0.1) is 0 Å². The highest BCUT2D eigenvalue weighted by atomic mass is 32.1. The molecule has 0 spiro atoms. The zero-order valence-corrected chi connectivity index (χ0v) is 20.6. The van der Waals surface area contributed by atoms with Crippen LogP contribution in [0.5, 0.6) is 0 Å². The summed E-state index contributed by atoms with van der Waals surface area (Å²) >= 11 is 1.86. The molecule has 0 saturated carbocycles. The summed E-state index contributed by atoms with van der Waals surface area (Å²) in [5, 5.41) is 6.39. The van der Waals surface area contributed by atoms with Crippen molar-refractivity contribution in [3.63, 3.8) is 0 Å². The molecule has 0 unspecified atom stereocenters. The van der Waals surface area contributed by atoms with Gasteiger partial charge in [0.25, 0.3) is 0 Å². The second-order valence-corrected chi connectivity index (χ2v) is 11.0. The molecule has 0 bridgehead atoms. The first-order valence-corrected chi connectivity index (χ1v) is 12.9. The third-order valence-electron chi connectivity index (χ3n) is 7.48. The molecule has 168 valence electrons. The molecule has 1 heterocycles. The van der Waals surface area contributed by atoms with E-state index in [0.717, 1.165) is 5.69 Å². The van der Waals surface area contributed by atoms with Gasteiger partial charge >= 0.3 is 0 Å². The fourth-order valence-corrected chi connectivity index (χ4v) is 6.75. The van der Waals surface area contributed by atoms with E-state index in [1.165, 1.54) is 59.2 Å². The minimum atomic E-state index is 0.0119. The van der Waals surface area contributed by atoms with Gasteiger partial charge in [-0.1, -0.05) is 86.6 Å². The molecule has 1 aliphatic carbocycles. The van der Waals surface area contributed by atoms with Crippen molar-refractivity contribution in [1.82, 2.24) is 0 Å². The molecule has 0 saturated heterocycles. The average Bonchev–Trinajstić information content (AvgIpc) is 3.37. The monoisotopic (exact) mass is 467 g/mol. The maximum atomic E-state index is 3.71. The number of anilines is 2. The summed E-state index contributed by atoms with van der Waals surface area (Å²) in [4.78, 5) is 0. The molecule has 1 aliphatic rings. The summed E-state index contributed by atoms with van der Waals surface area (Å²) in [5.74, 6) is 0. The van der Waals surface area contributed by atoms with Crippen LogP contribution < -0.4 is 5.32 Å². The van der Waals surface area contributed by atoms with Gasteiger partial charge in [-0.3, -0.25) is 0 Å². The van der Waals surface area contributed by atoms with E-state index in [-0.39, 0.29) is 5.41 Å². The first kappa shape index (κ1) is 20.5. The summed E-state index contributed by atoms with van der Waals surface area (Å²) in [6.45, 7) is 4.65. The van der Waals surface area contributed by atoms with Crippen LogP contribution >= 0.6 is 11.3 Å². The molecule has 35 heavy (non-hydrogen) atoms. The molecule has 0 aliphatic heterocycles. The van der Waals surface area contributed by atoms with Crippen LogP contribution in [0.4, 0.5) is 11.4 Å². The molecule has 0 fully saturated rings. The third-order valence-corrected chi connectivity index (χ3v) is 8.63. The Kier molecular flexibility index (Phi) is 4.43. The minimum Gasteiger partial charge on any atom is -0.355 e. The van der Waals surface area contributed by atoms with Crippen molar-refractivity contribution >= 4 is 42.9 Å². The quantitative estimate of drug-likeness (QED) is 0.273. The second kappa shape index (κ2) is 7.56. The molecular weight excluding hydrogens is 442 g/mol. The Balaban J connectivity index is 1.24. The zero-order chi connectivity index (χ0) is 23.6. The van der Waals surface area contributed by atoms with Crippen molar-refractivity contribution in [3.8, 4) is 22.3 Å². The largest absolute Gasteiger partial charge is 0.355 e. The lowest BCUT2D eigenvalue weighted by Crippen LogP contribution is -2.14. The number of hydrogen-bond acceptors (Lipinski definition) is 2. The van der Waals surface area contributed by atoms with Gasteiger partial charge in [-0.25, -0.2) is 0 Å². The minimum absolute atomic E-state index is 0.0119. The molecule has 7 rings (SSSR count). The number of rotatable bonds is 3. The van der Waals surface area contributed by atoms with Crippen molar-refractivity contribution in [2.75, 3.05) is 5.32 Å². The molecule has 5 aromatic carbocycles. The lowest BCUT2D eigenvalue weighted by Gasteiger charge is -2.21. The SMILES string of the molecule is CC1(C)c2ccccc2-c2c(Nc3ccc(-c4ccc5sc6ccccc6c5c4)cc3)cccc21. The van der Waals surface area contributed by atoms with E-state index in [4.69, 9.17) is 0 Å². The Bertz CT molecular complexity index is 1740. The predicted octanol–water partition coefficient (Wildman–Crippen LogP) is 9.77. The van der Waals surface area contributed by atoms with Crippen LogP contribution in [0.3, 0.4) is 0 Å². The summed E-state index contributed by atoms with van der Waals surface area (Å²) in [7, 11) is 0. The summed E-state index contributed by atoms with van der Waals surface area (Å²) in [6.07, 6.45) is 0. The van der Waals surface area contributed by atoms with Gasteiger partial charge in [-0.15, -0.1) is 11.3 Å². The van der Waals surface area contributed by atoms with Crippen LogP contribution in [0.2, 0.25) is 0 Å². The highest BCUT2D eigenvalue weighted by Crippen LogP contribution is 2.51. The van der Waals surface area contributed by atoms with Gasteiger partial charge in [0.05, 0.1) is 0 Å². The van der Waals surface area contributed by atoms with E-state index in [9.17, 15) is 0 Å². The molecular formula is C33H25NS. The van der Waals surface area contributed by atoms with Crippen molar-refractivity contribution in [2.24, 2.45) is 0 Å². The van der Waals surface area contributed by atoms with E-state index >= 15 is 0 Å². The molecule has 1 aromatic heterocycles. The molecule has 0 atom stereocenters. The molecule has 0 radical (unpaired) electrons. The van der Waals surface area contributed by atoms with Gasteiger partial charge in [0.1, 0.15) is 0 Å². The molecule has 1 N–H and O–H groups in total. The Morgan fingerprint density at radius 3 is 2.20 bits per heavy atom. The lowest BCUT2D eigenvalue weighted by molar-refractivity contribution is 0.660. The van der Waals surface area contributed by atoms with Gasteiger partial charge in [0, 0.05) is 42.5 Å². The fraction of sp³-hybridized carbons (Fsp3) is 0.0909. The Morgan fingerprint density at radius 2 is 1.31 bits per heavy atom. The van der Waals surface area contributed by atoms with E-state index in [1.54, 1.807) is 0 Å². The Morgan fingerprint density at radius 1 is 0.600 bits per heavy atom. The Hall–Kier alpha value is -3.88. The standard InChI is InChI=1S/C33H25NS/c1-33(2)27-10-5-3-9-25(27)32-28(33)11-7-12-29(32)34-23-17-14-21(15-18-23)22-16-19-31-26(20-22)24-8-4-6-13-30(24)35-31/h3-20,34H,1-2H3. The molecule has 2 heteroatoms. The number of hydrogen-bond donors (Lipinski definition) is 1. The number of benzene rings is 5. The van der Waals surface area contributed by atoms with Gasteiger partial charge in [-0.05, 0) is 64.2 Å². The van der Waals surface area contributed by atoms with Crippen LogP contribution in [0.1, 0.15) is 25.0 Å². The number of fused-ring (bicyclic) bond motifs is 6. The van der Waals surface area contributed by atoms with Crippen molar-refractivity contribution < 1.29 is 0 Å². The van der Waals surface area contributed by atoms with Crippen LogP contribution in [-0.2, 0) is 5.41 Å². The Labute approximate surface area is 209 Å². The highest BCUT2D eigenvalue weighted by molar-refractivity contribution is 7.25. The van der Waals surface area contributed by atoms with Gasteiger partial charge in [-0.2, -0.15) is 0 Å². The van der Waals surface area contributed by atoms with Gasteiger partial charge in [0.2, 0.25) is 0 Å². The lowest BCUT2D eigenvalue weighted by atomic mass is 9.82. The zero-order valence-electron chi connectivity index (χ0n) is 19.8. The van der Waals surface area contributed by atoms with Crippen molar-refractivity contribution in [2.45, 2.75) is 19.3 Å². The number of nitrogens with one attached hydrogen (secondary N) is 1. The van der Waals surface area contributed by atoms with E-state index < -0.39 is 0 Å². The van der Waals surface area contributed by atoms with Gasteiger partial charge in [0.15, 0.2) is 0 Å². The topological polar surface area (TPSA) is 12.0 Å². The van der Waals surface area contributed by atoms with E-state index in [1.807, 2.05) is 11.3 Å². The summed E-state index contributed by atoms with van der Waals surface area (Å²) in [6, 6.07) is 39.8. The van der Waals surface area contributed by atoms with Crippen LogP contribution in [0.25, 0.3) is 42.4 Å². The first-order valence-electron chi connectivity index (χ1n) is 12.1. The van der Waals surface area contributed by atoms with Crippen molar-refractivity contribution in [3.05, 3.63) is 120 Å². The smallest absolute Gasteiger partial charge is 0.0467 e. The van der Waals surface area contributed by atoms with E-state index in [0.29, 0.717) is 0 Å². The van der Waals surface area contributed by atoms with Gasteiger partial charge < -0.3 is 5.32 Å². The van der Waals surface area contributed by atoms with Crippen LogP contribution in [0.15, 0.2) is 109 Å². The number of thiophene rings is 1. The molecule has 0 amide bonds. The average molecular weight is 468 g/mol. The first-order chi connectivity index (χ1) is 17.1.